The van der Waals surface area contributed by atoms with Gasteiger partial charge in [0.25, 0.3) is 11.1 Å². The van der Waals surface area contributed by atoms with Crippen LogP contribution < -0.4 is 15.4 Å². The second kappa shape index (κ2) is 10.4. The zero-order valence-corrected chi connectivity index (χ0v) is 17.9. The number of imide groups is 1. The highest BCUT2D eigenvalue weighted by Gasteiger charge is 2.33. The van der Waals surface area contributed by atoms with E-state index in [1.54, 1.807) is 30.3 Å². The molecule has 32 heavy (non-hydrogen) atoms. The highest BCUT2D eigenvalue weighted by Crippen LogP contribution is 2.26. The van der Waals surface area contributed by atoms with Crippen molar-refractivity contribution in [2.45, 2.75) is 18.8 Å². The molecule has 0 saturated carbocycles. The number of hydrogen-bond donors (Lipinski definition) is 2. The van der Waals surface area contributed by atoms with Gasteiger partial charge in [0.15, 0.2) is 0 Å². The van der Waals surface area contributed by atoms with E-state index < -0.39 is 18.1 Å². The van der Waals surface area contributed by atoms with Crippen molar-refractivity contribution < 1.29 is 28.6 Å². The van der Waals surface area contributed by atoms with Crippen LogP contribution >= 0.6 is 11.8 Å². The molecule has 4 rings (SSSR count). The Labute approximate surface area is 189 Å². The summed E-state index contributed by atoms with van der Waals surface area (Å²) in [6.07, 6.45) is 1.15. The highest BCUT2D eigenvalue weighted by atomic mass is 32.2. The van der Waals surface area contributed by atoms with E-state index in [1.165, 1.54) is 0 Å². The SMILES string of the molecule is O=C1NC(=O)/C(=C/c2ccc(OC[C@@H]3OCCN[C@H]3C(=O)OCc3ccccc3)cc2)S1. The fourth-order valence-electron chi connectivity index (χ4n) is 3.26. The summed E-state index contributed by atoms with van der Waals surface area (Å²) >= 11 is 0.870. The van der Waals surface area contributed by atoms with Crippen molar-refractivity contribution in [2.24, 2.45) is 0 Å². The first-order valence-electron chi connectivity index (χ1n) is 10.1. The van der Waals surface area contributed by atoms with Gasteiger partial charge in [0.05, 0.1) is 11.5 Å². The molecule has 0 bridgehead atoms. The standard InChI is InChI=1S/C23H22N2O6S/c26-21-19(32-23(28)25-21)12-15-6-8-17(9-7-15)30-14-18-20(24-10-11-29-18)22(27)31-13-16-4-2-1-3-5-16/h1-9,12,18,20,24H,10-11,13-14H2,(H,25,26,28)/b19-12-/t18-,20+/m0/s1. The zero-order chi connectivity index (χ0) is 22.3. The number of ether oxygens (including phenoxy) is 3. The number of esters is 1. The molecule has 2 amide bonds. The second-order valence-electron chi connectivity index (χ2n) is 7.17. The molecule has 2 N–H and O–H groups in total. The lowest BCUT2D eigenvalue weighted by atomic mass is 10.1. The summed E-state index contributed by atoms with van der Waals surface area (Å²) < 4.78 is 17.0. The van der Waals surface area contributed by atoms with Gasteiger partial charge in [0.1, 0.15) is 31.1 Å². The molecule has 0 unspecified atom stereocenters. The normalized spacial score (nSPS) is 21.9. The van der Waals surface area contributed by atoms with Crippen LogP contribution in [0, 0.1) is 0 Å². The Bertz CT molecular complexity index is 1010. The number of benzene rings is 2. The van der Waals surface area contributed by atoms with Gasteiger partial charge in [0, 0.05) is 6.54 Å². The number of morpholine rings is 1. The van der Waals surface area contributed by atoms with Crippen LogP contribution in [-0.2, 0) is 25.7 Å². The van der Waals surface area contributed by atoms with E-state index in [9.17, 15) is 14.4 Å². The molecule has 9 heteroatoms. The Kier molecular flexibility index (Phi) is 7.21. The van der Waals surface area contributed by atoms with E-state index >= 15 is 0 Å². The van der Waals surface area contributed by atoms with Gasteiger partial charge in [-0.1, -0.05) is 42.5 Å². The fourth-order valence-corrected chi connectivity index (χ4v) is 3.94. The summed E-state index contributed by atoms with van der Waals surface area (Å²) in [6.45, 7) is 1.40. The number of amides is 2. The minimum absolute atomic E-state index is 0.172. The molecule has 2 fully saturated rings. The maximum absolute atomic E-state index is 12.6. The van der Waals surface area contributed by atoms with Crippen molar-refractivity contribution in [2.75, 3.05) is 19.8 Å². The van der Waals surface area contributed by atoms with Crippen LogP contribution in [0.3, 0.4) is 0 Å². The number of carbonyl (C=O) groups excluding carboxylic acids is 3. The first kappa shape index (κ1) is 22.1. The second-order valence-corrected chi connectivity index (χ2v) is 8.18. The molecule has 0 aromatic heterocycles. The minimum Gasteiger partial charge on any atom is -0.491 e. The van der Waals surface area contributed by atoms with E-state index in [1.807, 2.05) is 30.3 Å². The molecule has 2 aromatic carbocycles. The van der Waals surface area contributed by atoms with Gasteiger partial charge in [-0.05, 0) is 41.1 Å². The first-order chi connectivity index (χ1) is 15.6. The van der Waals surface area contributed by atoms with Crippen LogP contribution in [0.2, 0.25) is 0 Å². The molecule has 166 valence electrons. The Morgan fingerprint density at radius 1 is 1.12 bits per heavy atom. The van der Waals surface area contributed by atoms with Crippen molar-refractivity contribution in [3.8, 4) is 5.75 Å². The van der Waals surface area contributed by atoms with Crippen LogP contribution in [0.1, 0.15) is 11.1 Å². The molecule has 2 aliphatic rings. The predicted molar refractivity (Wildman–Crippen MR) is 119 cm³/mol. The van der Waals surface area contributed by atoms with Crippen molar-refractivity contribution in [1.29, 1.82) is 0 Å². The zero-order valence-electron chi connectivity index (χ0n) is 17.1. The molecular formula is C23H22N2O6S. The molecule has 0 radical (unpaired) electrons. The van der Waals surface area contributed by atoms with Crippen LogP contribution in [-0.4, -0.2) is 49.0 Å². The molecule has 2 atom stereocenters. The van der Waals surface area contributed by atoms with Crippen LogP contribution in [0.15, 0.2) is 59.5 Å². The summed E-state index contributed by atoms with van der Waals surface area (Å²) in [5, 5.41) is 4.99. The molecule has 2 heterocycles. The average Bonchev–Trinajstić information content (AvgIpc) is 3.14. The third kappa shape index (κ3) is 5.76. The van der Waals surface area contributed by atoms with Crippen molar-refractivity contribution in [3.63, 3.8) is 0 Å². The summed E-state index contributed by atoms with van der Waals surface area (Å²) in [7, 11) is 0. The Morgan fingerprint density at radius 2 is 1.91 bits per heavy atom. The maximum Gasteiger partial charge on any atom is 0.326 e. The topological polar surface area (TPSA) is 103 Å². The lowest BCUT2D eigenvalue weighted by Gasteiger charge is -2.31. The molecule has 2 aliphatic heterocycles. The number of rotatable bonds is 7. The van der Waals surface area contributed by atoms with Gasteiger partial charge in [0.2, 0.25) is 0 Å². The van der Waals surface area contributed by atoms with Crippen molar-refractivity contribution in [3.05, 3.63) is 70.6 Å². The minimum atomic E-state index is -0.619. The van der Waals surface area contributed by atoms with Gasteiger partial charge < -0.3 is 14.2 Å². The largest absolute Gasteiger partial charge is 0.491 e. The third-order valence-electron chi connectivity index (χ3n) is 4.88. The third-order valence-corrected chi connectivity index (χ3v) is 5.69. The molecule has 2 saturated heterocycles. The Hall–Kier alpha value is -3.14. The summed E-state index contributed by atoms with van der Waals surface area (Å²) in [5.41, 5.74) is 1.68. The Morgan fingerprint density at radius 3 is 2.62 bits per heavy atom. The van der Waals surface area contributed by atoms with Crippen molar-refractivity contribution >= 4 is 35.0 Å². The van der Waals surface area contributed by atoms with Crippen LogP contribution in [0.4, 0.5) is 4.79 Å². The molecule has 0 spiro atoms. The smallest absolute Gasteiger partial charge is 0.326 e. The van der Waals surface area contributed by atoms with Gasteiger partial charge in [-0.3, -0.25) is 25.0 Å². The number of carbonyl (C=O) groups is 3. The molecule has 0 aliphatic carbocycles. The van der Waals surface area contributed by atoms with Gasteiger partial charge in [-0.2, -0.15) is 0 Å². The summed E-state index contributed by atoms with van der Waals surface area (Å²) in [5.74, 6) is -0.184. The summed E-state index contributed by atoms with van der Waals surface area (Å²) in [6, 6.07) is 15.9. The van der Waals surface area contributed by atoms with E-state index in [0.717, 1.165) is 22.9 Å². The van der Waals surface area contributed by atoms with Crippen molar-refractivity contribution in [1.82, 2.24) is 10.6 Å². The lowest BCUT2D eigenvalue weighted by molar-refractivity contribution is -0.155. The average molecular weight is 455 g/mol. The van der Waals surface area contributed by atoms with E-state index in [-0.39, 0.29) is 24.4 Å². The monoisotopic (exact) mass is 454 g/mol. The number of thioether (sulfide) groups is 1. The highest BCUT2D eigenvalue weighted by molar-refractivity contribution is 8.18. The van der Waals surface area contributed by atoms with E-state index in [0.29, 0.717) is 23.8 Å². The number of nitrogens with one attached hydrogen (secondary N) is 2. The maximum atomic E-state index is 12.6. The predicted octanol–water partition coefficient (Wildman–Crippen LogP) is 2.49. The summed E-state index contributed by atoms with van der Waals surface area (Å²) in [4.78, 5) is 35.8. The van der Waals surface area contributed by atoms with Crippen LogP contribution in [0.5, 0.6) is 5.75 Å². The number of hydrogen-bond acceptors (Lipinski definition) is 8. The fraction of sp³-hybridized carbons (Fsp3) is 0.261. The quantitative estimate of drug-likeness (QED) is 0.486. The van der Waals surface area contributed by atoms with Crippen LogP contribution in [0.25, 0.3) is 6.08 Å². The van der Waals surface area contributed by atoms with E-state index in [4.69, 9.17) is 14.2 Å². The first-order valence-corrected chi connectivity index (χ1v) is 10.9. The molecular weight excluding hydrogens is 432 g/mol. The lowest BCUT2D eigenvalue weighted by Crippen LogP contribution is -2.55. The van der Waals surface area contributed by atoms with Gasteiger partial charge in [-0.25, -0.2) is 0 Å². The van der Waals surface area contributed by atoms with Gasteiger partial charge in [-0.15, -0.1) is 0 Å². The van der Waals surface area contributed by atoms with E-state index in [2.05, 4.69) is 10.6 Å². The van der Waals surface area contributed by atoms with Gasteiger partial charge >= 0.3 is 5.97 Å². The Balaban J connectivity index is 1.31. The molecule has 8 nitrogen and oxygen atoms in total. The molecule has 2 aromatic rings.